The van der Waals surface area contributed by atoms with Gasteiger partial charge in [0.1, 0.15) is 11.5 Å². The van der Waals surface area contributed by atoms with Gasteiger partial charge in [0, 0.05) is 36.3 Å². The average molecular weight is 441 g/mol. The first-order valence-electron chi connectivity index (χ1n) is 9.41. The molecule has 0 saturated carbocycles. The first kappa shape index (κ1) is 22.1. The summed E-state index contributed by atoms with van der Waals surface area (Å²) in [7, 11) is 3.23. The largest absolute Gasteiger partial charge is 0.497 e. The number of non-ortho nitro benzene ring substituents is 1. The van der Waals surface area contributed by atoms with E-state index < -0.39 is 4.92 Å². The van der Waals surface area contributed by atoms with Crippen molar-refractivity contribution < 1.29 is 19.2 Å². The van der Waals surface area contributed by atoms with E-state index in [1.54, 1.807) is 50.6 Å². The van der Waals surface area contributed by atoms with Gasteiger partial charge < -0.3 is 14.4 Å². The number of halogens is 1. The van der Waals surface area contributed by atoms with E-state index >= 15 is 0 Å². The number of methoxy groups -OCH3 is 1. The van der Waals surface area contributed by atoms with Gasteiger partial charge in [0.05, 0.1) is 12.0 Å². The number of likely N-dealkylation sites (N-methyl/N-ethyl adjacent to an activating group) is 1. The maximum Gasteiger partial charge on any atom is 0.270 e. The van der Waals surface area contributed by atoms with Gasteiger partial charge in [-0.2, -0.15) is 0 Å². The lowest BCUT2D eigenvalue weighted by atomic mass is 10.0. The second-order valence-electron chi connectivity index (χ2n) is 6.83. The Balaban J connectivity index is 1.76. The van der Waals surface area contributed by atoms with Crippen LogP contribution >= 0.6 is 11.6 Å². The van der Waals surface area contributed by atoms with Crippen LogP contribution in [-0.2, 0) is 11.3 Å². The molecule has 0 fully saturated rings. The van der Waals surface area contributed by atoms with Crippen LogP contribution in [0.2, 0.25) is 5.02 Å². The number of benzene rings is 3. The van der Waals surface area contributed by atoms with Crippen molar-refractivity contribution >= 4 is 23.2 Å². The van der Waals surface area contributed by atoms with E-state index in [4.69, 9.17) is 21.1 Å². The second-order valence-corrected chi connectivity index (χ2v) is 7.27. The fourth-order valence-electron chi connectivity index (χ4n) is 3.00. The Hall–Kier alpha value is -3.58. The summed E-state index contributed by atoms with van der Waals surface area (Å²) in [5.74, 6) is 0.800. The summed E-state index contributed by atoms with van der Waals surface area (Å²) in [6, 6.07) is 18.6. The molecule has 0 aromatic heterocycles. The third-order valence-corrected chi connectivity index (χ3v) is 4.90. The SMILES string of the molecule is COc1ccc(-c2cc([N+](=O)[O-])ccc2OCC(=O)N(C)Cc2cccc(Cl)c2)cc1. The zero-order chi connectivity index (χ0) is 22.4. The molecule has 160 valence electrons. The van der Waals surface area contributed by atoms with Crippen molar-refractivity contribution in [3.05, 3.63) is 87.4 Å². The number of carbonyl (C=O) groups is 1. The molecule has 0 spiro atoms. The average Bonchev–Trinajstić information content (AvgIpc) is 2.77. The first-order valence-corrected chi connectivity index (χ1v) is 9.79. The van der Waals surface area contributed by atoms with Crippen LogP contribution in [0.4, 0.5) is 5.69 Å². The van der Waals surface area contributed by atoms with Crippen molar-refractivity contribution in [2.24, 2.45) is 0 Å². The van der Waals surface area contributed by atoms with Crippen LogP contribution < -0.4 is 9.47 Å². The van der Waals surface area contributed by atoms with Crippen molar-refractivity contribution in [3.8, 4) is 22.6 Å². The van der Waals surface area contributed by atoms with Gasteiger partial charge in [-0.1, -0.05) is 35.9 Å². The van der Waals surface area contributed by atoms with Gasteiger partial charge in [-0.3, -0.25) is 14.9 Å². The van der Waals surface area contributed by atoms with Crippen LogP contribution in [0.3, 0.4) is 0 Å². The van der Waals surface area contributed by atoms with Gasteiger partial charge in [0.15, 0.2) is 6.61 Å². The summed E-state index contributed by atoms with van der Waals surface area (Å²) >= 11 is 5.99. The highest BCUT2D eigenvalue weighted by Crippen LogP contribution is 2.34. The summed E-state index contributed by atoms with van der Waals surface area (Å²) in [4.78, 5) is 24.8. The molecule has 1 amide bonds. The van der Waals surface area contributed by atoms with E-state index in [9.17, 15) is 14.9 Å². The Morgan fingerprint density at radius 1 is 1.10 bits per heavy atom. The highest BCUT2D eigenvalue weighted by atomic mass is 35.5. The first-order chi connectivity index (χ1) is 14.9. The molecule has 8 heteroatoms. The molecule has 0 bridgehead atoms. The molecule has 0 unspecified atom stereocenters. The van der Waals surface area contributed by atoms with Crippen molar-refractivity contribution in [1.29, 1.82) is 0 Å². The summed E-state index contributed by atoms with van der Waals surface area (Å²) in [6.45, 7) is 0.173. The molecule has 0 aliphatic heterocycles. The minimum Gasteiger partial charge on any atom is -0.497 e. The third kappa shape index (κ3) is 5.73. The second kappa shape index (κ2) is 9.95. The van der Waals surface area contributed by atoms with Gasteiger partial charge in [0.2, 0.25) is 0 Å². The summed E-state index contributed by atoms with van der Waals surface area (Å²) in [6.07, 6.45) is 0. The van der Waals surface area contributed by atoms with Crippen LogP contribution in [-0.4, -0.2) is 36.5 Å². The Morgan fingerprint density at radius 3 is 2.48 bits per heavy atom. The number of hydrogen-bond acceptors (Lipinski definition) is 5. The Kier molecular flexibility index (Phi) is 7.10. The normalized spacial score (nSPS) is 10.4. The zero-order valence-corrected chi connectivity index (χ0v) is 17.8. The van der Waals surface area contributed by atoms with Crippen molar-refractivity contribution in [2.45, 2.75) is 6.54 Å². The smallest absolute Gasteiger partial charge is 0.270 e. The van der Waals surface area contributed by atoms with E-state index in [-0.39, 0.29) is 18.2 Å². The molecule has 3 aromatic carbocycles. The Bertz CT molecular complexity index is 1090. The van der Waals surface area contributed by atoms with Gasteiger partial charge in [-0.15, -0.1) is 0 Å². The number of ether oxygens (including phenoxy) is 2. The molecule has 0 aliphatic carbocycles. The van der Waals surface area contributed by atoms with E-state index in [1.807, 2.05) is 12.1 Å². The van der Waals surface area contributed by atoms with Crippen LogP contribution in [0.5, 0.6) is 11.5 Å². The molecule has 0 radical (unpaired) electrons. The summed E-state index contributed by atoms with van der Waals surface area (Å²) < 4.78 is 10.9. The maximum absolute atomic E-state index is 12.6. The molecule has 0 aliphatic rings. The van der Waals surface area contributed by atoms with Crippen LogP contribution in [0.15, 0.2) is 66.7 Å². The number of amides is 1. The lowest BCUT2D eigenvalue weighted by Crippen LogP contribution is -2.31. The highest BCUT2D eigenvalue weighted by molar-refractivity contribution is 6.30. The number of nitro groups is 1. The molecule has 3 aromatic rings. The van der Waals surface area contributed by atoms with E-state index in [1.165, 1.54) is 23.1 Å². The van der Waals surface area contributed by atoms with Crippen molar-refractivity contribution in [2.75, 3.05) is 20.8 Å². The van der Waals surface area contributed by atoms with Crippen molar-refractivity contribution in [1.82, 2.24) is 4.90 Å². The quantitative estimate of drug-likeness (QED) is 0.365. The summed E-state index contributed by atoms with van der Waals surface area (Å²) in [5.41, 5.74) is 2.06. The molecule has 3 rings (SSSR count). The molecule has 0 atom stereocenters. The highest BCUT2D eigenvalue weighted by Gasteiger charge is 2.16. The monoisotopic (exact) mass is 440 g/mol. The standard InChI is InChI=1S/C23H21ClN2O5/c1-25(14-16-4-3-5-18(24)12-16)23(27)15-31-22-11-8-19(26(28)29)13-21(22)17-6-9-20(30-2)10-7-17/h3-13H,14-15H2,1-2H3. The van der Waals surface area contributed by atoms with Crippen LogP contribution in [0.1, 0.15) is 5.56 Å². The minimum absolute atomic E-state index is 0.0671. The fraction of sp³-hybridized carbons (Fsp3) is 0.174. The lowest BCUT2D eigenvalue weighted by Gasteiger charge is -2.18. The molecule has 7 nitrogen and oxygen atoms in total. The van der Waals surface area contributed by atoms with Gasteiger partial charge in [-0.25, -0.2) is 0 Å². The van der Waals surface area contributed by atoms with Crippen LogP contribution in [0.25, 0.3) is 11.1 Å². The van der Waals surface area contributed by atoms with E-state index in [0.717, 1.165) is 5.56 Å². The Morgan fingerprint density at radius 2 is 1.84 bits per heavy atom. The molecule has 0 heterocycles. The lowest BCUT2D eigenvalue weighted by molar-refractivity contribution is -0.384. The molecular weight excluding hydrogens is 420 g/mol. The molecule has 0 N–H and O–H groups in total. The van der Waals surface area contributed by atoms with E-state index in [0.29, 0.717) is 34.2 Å². The van der Waals surface area contributed by atoms with E-state index in [2.05, 4.69) is 0 Å². The fourth-order valence-corrected chi connectivity index (χ4v) is 3.21. The van der Waals surface area contributed by atoms with Gasteiger partial charge >= 0.3 is 0 Å². The van der Waals surface area contributed by atoms with Crippen LogP contribution in [0, 0.1) is 10.1 Å². The zero-order valence-electron chi connectivity index (χ0n) is 17.1. The molecular formula is C23H21ClN2O5. The van der Waals surface area contributed by atoms with Crippen molar-refractivity contribution in [3.63, 3.8) is 0 Å². The molecule has 31 heavy (non-hydrogen) atoms. The number of carbonyl (C=O) groups excluding carboxylic acids is 1. The third-order valence-electron chi connectivity index (χ3n) is 4.66. The minimum atomic E-state index is -0.472. The number of rotatable bonds is 8. The molecule has 0 saturated heterocycles. The predicted octanol–water partition coefficient (Wildman–Crippen LogP) is 4.96. The predicted molar refractivity (Wildman–Crippen MR) is 119 cm³/mol. The van der Waals surface area contributed by atoms with Gasteiger partial charge in [-0.05, 0) is 41.5 Å². The Labute approximate surface area is 184 Å². The topological polar surface area (TPSA) is 81.9 Å². The number of hydrogen-bond donors (Lipinski definition) is 0. The number of nitro benzene ring substituents is 1. The maximum atomic E-state index is 12.6. The number of nitrogens with zero attached hydrogens (tertiary/aromatic N) is 2. The van der Waals surface area contributed by atoms with Gasteiger partial charge in [0.25, 0.3) is 11.6 Å². The summed E-state index contributed by atoms with van der Waals surface area (Å²) in [5, 5.41) is 11.8.